The fourth-order valence-electron chi connectivity index (χ4n) is 2.74. The number of anilines is 1. The smallest absolute Gasteiger partial charge is 0.253 e. The SMILES string of the molecule is Cc1cc(C)n2nc(SCC(=O)c3ccc(NC(=O)CC(C)C)cc3)nc2n1. The highest BCUT2D eigenvalue weighted by Gasteiger charge is 2.12. The van der Waals surface area contributed by atoms with Crippen LogP contribution in [0.15, 0.2) is 35.5 Å². The number of carbonyl (C=O) groups is 2. The lowest BCUT2D eigenvalue weighted by Gasteiger charge is -2.07. The summed E-state index contributed by atoms with van der Waals surface area (Å²) < 4.78 is 1.68. The first-order chi connectivity index (χ1) is 13.3. The number of aromatic nitrogens is 4. The van der Waals surface area contributed by atoms with E-state index in [2.05, 4.69) is 20.4 Å². The molecular formula is C20H23N5O2S. The van der Waals surface area contributed by atoms with Gasteiger partial charge in [-0.1, -0.05) is 25.6 Å². The number of rotatable bonds is 7. The summed E-state index contributed by atoms with van der Waals surface area (Å²) in [6, 6.07) is 8.87. The number of amides is 1. The summed E-state index contributed by atoms with van der Waals surface area (Å²) in [4.78, 5) is 33.0. The second kappa shape index (κ2) is 8.52. The molecule has 0 saturated heterocycles. The monoisotopic (exact) mass is 397 g/mol. The lowest BCUT2D eigenvalue weighted by atomic mass is 10.1. The van der Waals surface area contributed by atoms with E-state index >= 15 is 0 Å². The molecule has 0 saturated carbocycles. The Balaban J connectivity index is 1.60. The first-order valence-corrected chi connectivity index (χ1v) is 10.1. The van der Waals surface area contributed by atoms with E-state index in [1.165, 1.54) is 11.8 Å². The van der Waals surface area contributed by atoms with Crippen LogP contribution in [0.3, 0.4) is 0 Å². The quantitative estimate of drug-likeness (QED) is 0.483. The lowest BCUT2D eigenvalue weighted by Crippen LogP contribution is -2.14. The van der Waals surface area contributed by atoms with Crippen LogP contribution in [0.25, 0.3) is 5.78 Å². The van der Waals surface area contributed by atoms with Crippen molar-refractivity contribution in [1.82, 2.24) is 19.6 Å². The van der Waals surface area contributed by atoms with Gasteiger partial charge in [0.25, 0.3) is 5.78 Å². The maximum atomic E-state index is 12.4. The molecule has 8 heteroatoms. The largest absolute Gasteiger partial charge is 0.326 e. The Bertz CT molecular complexity index is 1010. The van der Waals surface area contributed by atoms with Gasteiger partial charge < -0.3 is 5.32 Å². The number of aryl methyl sites for hydroxylation is 2. The maximum Gasteiger partial charge on any atom is 0.253 e. The van der Waals surface area contributed by atoms with Gasteiger partial charge in [0.2, 0.25) is 11.1 Å². The third-order valence-electron chi connectivity index (χ3n) is 4.02. The third-order valence-corrected chi connectivity index (χ3v) is 4.85. The zero-order valence-electron chi connectivity index (χ0n) is 16.4. The number of nitrogens with zero attached hydrogens (tertiary/aromatic N) is 4. The first-order valence-electron chi connectivity index (χ1n) is 9.09. The van der Waals surface area contributed by atoms with Crippen LogP contribution in [0.2, 0.25) is 0 Å². The Labute approximate surface area is 168 Å². The van der Waals surface area contributed by atoms with E-state index < -0.39 is 0 Å². The van der Waals surface area contributed by atoms with Crippen molar-refractivity contribution < 1.29 is 9.59 Å². The molecule has 0 radical (unpaired) electrons. The van der Waals surface area contributed by atoms with Crippen molar-refractivity contribution in [3.05, 3.63) is 47.3 Å². The molecule has 2 aromatic heterocycles. The highest BCUT2D eigenvalue weighted by molar-refractivity contribution is 7.99. The summed E-state index contributed by atoms with van der Waals surface area (Å²) in [7, 11) is 0. The van der Waals surface area contributed by atoms with Crippen molar-refractivity contribution in [1.29, 1.82) is 0 Å². The number of nitrogens with one attached hydrogen (secondary N) is 1. The standard InChI is InChI=1S/C20H23N5O2S/c1-12(2)9-18(27)22-16-7-5-15(6-8-16)17(26)11-28-20-23-19-21-13(3)10-14(4)25(19)24-20/h5-8,10,12H,9,11H2,1-4H3,(H,22,27). The Morgan fingerprint density at radius 3 is 2.54 bits per heavy atom. The first kappa shape index (κ1) is 20.0. The van der Waals surface area contributed by atoms with E-state index in [1.807, 2.05) is 33.8 Å². The normalized spacial score (nSPS) is 11.2. The van der Waals surface area contributed by atoms with Gasteiger partial charge in [-0.15, -0.1) is 5.10 Å². The molecule has 146 valence electrons. The molecule has 1 amide bonds. The highest BCUT2D eigenvalue weighted by Crippen LogP contribution is 2.18. The van der Waals surface area contributed by atoms with Crippen LogP contribution in [0.1, 0.15) is 42.0 Å². The van der Waals surface area contributed by atoms with Gasteiger partial charge in [0.15, 0.2) is 5.78 Å². The predicted octanol–water partition coefficient (Wildman–Crippen LogP) is 3.70. The van der Waals surface area contributed by atoms with Gasteiger partial charge in [0.05, 0.1) is 5.75 Å². The summed E-state index contributed by atoms with van der Waals surface area (Å²) in [6.07, 6.45) is 0.469. The minimum atomic E-state index is -0.0262. The van der Waals surface area contributed by atoms with E-state index in [4.69, 9.17) is 0 Å². The molecule has 0 aliphatic rings. The summed E-state index contributed by atoms with van der Waals surface area (Å²) >= 11 is 1.28. The van der Waals surface area contributed by atoms with Gasteiger partial charge in [0, 0.05) is 29.1 Å². The topological polar surface area (TPSA) is 89.3 Å². The zero-order valence-corrected chi connectivity index (χ0v) is 17.2. The van der Waals surface area contributed by atoms with Crippen LogP contribution in [0.4, 0.5) is 5.69 Å². The molecule has 0 atom stereocenters. The van der Waals surface area contributed by atoms with E-state index in [0.29, 0.717) is 34.5 Å². The van der Waals surface area contributed by atoms with Gasteiger partial charge in [-0.2, -0.15) is 4.98 Å². The Hall–Kier alpha value is -2.74. The average molecular weight is 398 g/mol. The lowest BCUT2D eigenvalue weighted by molar-refractivity contribution is -0.116. The van der Waals surface area contributed by atoms with Crippen LogP contribution in [0, 0.1) is 19.8 Å². The fourth-order valence-corrected chi connectivity index (χ4v) is 3.46. The zero-order chi connectivity index (χ0) is 20.3. The van der Waals surface area contributed by atoms with E-state index in [1.54, 1.807) is 28.8 Å². The van der Waals surface area contributed by atoms with Crippen molar-refractivity contribution in [2.45, 2.75) is 39.3 Å². The molecule has 1 aromatic carbocycles. The van der Waals surface area contributed by atoms with Gasteiger partial charge in [-0.3, -0.25) is 9.59 Å². The van der Waals surface area contributed by atoms with Crippen LogP contribution in [0.5, 0.6) is 0 Å². The van der Waals surface area contributed by atoms with Gasteiger partial charge >= 0.3 is 0 Å². The fraction of sp³-hybridized carbons (Fsp3) is 0.350. The van der Waals surface area contributed by atoms with Crippen molar-refractivity contribution in [3.63, 3.8) is 0 Å². The minimum absolute atomic E-state index is 0.0234. The van der Waals surface area contributed by atoms with Gasteiger partial charge in [-0.05, 0) is 50.1 Å². The van der Waals surface area contributed by atoms with E-state index in [9.17, 15) is 9.59 Å². The molecule has 0 aliphatic heterocycles. The summed E-state index contributed by atoms with van der Waals surface area (Å²) in [5.74, 6) is 1.02. The maximum absolute atomic E-state index is 12.4. The molecule has 0 unspecified atom stereocenters. The van der Waals surface area contributed by atoms with E-state index in [0.717, 1.165) is 11.4 Å². The molecule has 3 rings (SSSR count). The van der Waals surface area contributed by atoms with Crippen LogP contribution >= 0.6 is 11.8 Å². The third kappa shape index (κ3) is 4.95. The number of hydrogen-bond acceptors (Lipinski definition) is 6. The van der Waals surface area contributed by atoms with Crippen LogP contribution < -0.4 is 5.32 Å². The van der Waals surface area contributed by atoms with Crippen molar-refractivity contribution >= 4 is 34.9 Å². The number of ketones is 1. The minimum Gasteiger partial charge on any atom is -0.326 e. The van der Waals surface area contributed by atoms with Crippen molar-refractivity contribution in [2.24, 2.45) is 5.92 Å². The van der Waals surface area contributed by atoms with Crippen molar-refractivity contribution in [2.75, 3.05) is 11.1 Å². The molecule has 3 aromatic rings. The molecule has 0 fully saturated rings. The van der Waals surface area contributed by atoms with Gasteiger partial charge in [0.1, 0.15) is 0 Å². The summed E-state index contributed by atoms with van der Waals surface area (Å²) in [5, 5.41) is 7.75. The molecule has 0 aliphatic carbocycles. The number of Topliss-reactive ketones (excluding diaryl/α,β-unsaturated/α-hetero) is 1. The van der Waals surface area contributed by atoms with Crippen LogP contribution in [-0.4, -0.2) is 37.0 Å². The van der Waals surface area contributed by atoms with Crippen LogP contribution in [-0.2, 0) is 4.79 Å². The molecule has 2 heterocycles. The number of benzene rings is 1. The number of fused-ring (bicyclic) bond motifs is 1. The molecule has 1 N–H and O–H groups in total. The Morgan fingerprint density at radius 1 is 1.14 bits per heavy atom. The number of hydrogen-bond donors (Lipinski definition) is 1. The molecule has 0 bridgehead atoms. The predicted molar refractivity (Wildman–Crippen MR) is 110 cm³/mol. The molecule has 7 nitrogen and oxygen atoms in total. The second-order valence-electron chi connectivity index (χ2n) is 7.08. The number of carbonyl (C=O) groups excluding carboxylic acids is 2. The molecular weight excluding hydrogens is 374 g/mol. The summed E-state index contributed by atoms with van der Waals surface area (Å²) in [5.41, 5.74) is 3.10. The Morgan fingerprint density at radius 2 is 1.86 bits per heavy atom. The van der Waals surface area contributed by atoms with Crippen molar-refractivity contribution in [3.8, 4) is 0 Å². The molecule has 0 spiro atoms. The van der Waals surface area contributed by atoms with Gasteiger partial charge in [-0.25, -0.2) is 9.50 Å². The second-order valence-corrected chi connectivity index (χ2v) is 8.02. The van der Waals surface area contributed by atoms with E-state index in [-0.39, 0.29) is 17.4 Å². The number of thioether (sulfide) groups is 1. The molecule has 28 heavy (non-hydrogen) atoms. The summed E-state index contributed by atoms with van der Waals surface area (Å²) in [6.45, 7) is 7.84. The Kier molecular flexibility index (Phi) is 6.08. The highest BCUT2D eigenvalue weighted by atomic mass is 32.2. The average Bonchev–Trinajstić information content (AvgIpc) is 3.03.